The standard InChI is InChI=1S/C22H22N4O4/c1-24-21(27)17-5-3-2-4-16(17)20(23-24)22(28)26-10-8-25(9-11-26)13-15-6-7-18-19(12-15)30-14-29-18/h2-7,12H,8-11,13-14H2,1H3/p+1. The fourth-order valence-electron chi connectivity index (χ4n) is 4.15. The fraction of sp³-hybridized carbons (Fsp3) is 0.318. The summed E-state index contributed by atoms with van der Waals surface area (Å²) in [5.74, 6) is 1.47. The van der Waals surface area contributed by atoms with E-state index in [1.54, 1.807) is 25.2 Å². The van der Waals surface area contributed by atoms with Crippen LogP contribution in [0.1, 0.15) is 16.1 Å². The average Bonchev–Trinajstić information content (AvgIpc) is 3.24. The van der Waals surface area contributed by atoms with Crippen LogP contribution >= 0.6 is 0 Å². The summed E-state index contributed by atoms with van der Waals surface area (Å²) in [7, 11) is 1.58. The summed E-state index contributed by atoms with van der Waals surface area (Å²) in [6, 6.07) is 13.2. The van der Waals surface area contributed by atoms with Crippen molar-refractivity contribution >= 4 is 16.7 Å². The van der Waals surface area contributed by atoms with E-state index in [4.69, 9.17) is 9.47 Å². The largest absolute Gasteiger partial charge is 0.454 e. The molecule has 154 valence electrons. The van der Waals surface area contributed by atoms with E-state index in [-0.39, 0.29) is 18.3 Å². The highest BCUT2D eigenvalue weighted by Gasteiger charge is 2.27. The van der Waals surface area contributed by atoms with Crippen LogP contribution in [0.2, 0.25) is 0 Å². The van der Waals surface area contributed by atoms with Crippen molar-refractivity contribution in [2.75, 3.05) is 33.0 Å². The van der Waals surface area contributed by atoms with Gasteiger partial charge in [0, 0.05) is 18.0 Å². The summed E-state index contributed by atoms with van der Waals surface area (Å²) in [6.45, 7) is 4.16. The fourth-order valence-corrected chi connectivity index (χ4v) is 4.15. The van der Waals surface area contributed by atoms with Gasteiger partial charge in [-0.15, -0.1) is 0 Å². The number of amides is 1. The second-order valence-corrected chi connectivity index (χ2v) is 7.73. The number of piperazine rings is 1. The van der Waals surface area contributed by atoms with Crippen molar-refractivity contribution in [3.63, 3.8) is 0 Å². The Morgan fingerprint density at radius 2 is 1.80 bits per heavy atom. The predicted octanol–water partition coefficient (Wildman–Crippen LogP) is 0.203. The van der Waals surface area contributed by atoms with Gasteiger partial charge in [0.1, 0.15) is 6.54 Å². The zero-order valence-electron chi connectivity index (χ0n) is 16.8. The molecule has 1 amide bonds. The molecular formula is C22H23N4O4+. The molecule has 2 aliphatic heterocycles. The van der Waals surface area contributed by atoms with Crippen LogP contribution in [0.4, 0.5) is 0 Å². The molecule has 5 rings (SSSR count). The smallest absolute Gasteiger partial charge is 0.275 e. The van der Waals surface area contributed by atoms with Crippen LogP contribution < -0.4 is 19.9 Å². The second kappa shape index (κ2) is 7.46. The summed E-state index contributed by atoms with van der Waals surface area (Å²) in [6.07, 6.45) is 0. The SMILES string of the molecule is Cn1nc(C(=O)N2CC[NH+](Cc3ccc4c(c3)OCO4)CC2)c2ccccc2c1=O. The number of hydrogen-bond acceptors (Lipinski definition) is 5. The third-order valence-corrected chi connectivity index (χ3v) is 5.81. The zero-order valence-corrected chi connectivity index (χ0v) is 16.8. The Labute approximate surface area is 173 Å². The van der Waals surface area contributed by atoms with Crippen LogP contribution in [0.15, 0.2) is 47.3 Å². The van der Waals surface area contributed by atoms with E-state index in [0.717, 1.165) is 31.1 Å². The second-order valence-electron chi connectivity index (χ2n) is 7.73. The van der Waals surface area contributed by atoms with Crippen molar-refractivity contribution in [1.82, 2.24) is 14.7 Å². The first kappa shape index (κ1) is 18.6. The molecule has 1 fully saturated rings. The minimum absolute atomic E-state index is 0.121. The van der Waals surface area contributed by atoms with Gasteiger partial charge in [-0.1, -0.05) is 18.2 Å². The van der Waals surface area contributed by atoms with Crippen molar-refractivity contribution in [2.24, 2.45) is 7.05 Å². The molecule has 0 bridgehead atoms. The van der Waals surface area contributed by atoms with E-state index in [2.05, 4.69) is 11.2 Å². The number of carbonyl (C=O) groups is 1. The summed E-state index contributed by atoms with van der Waals surface area (Å²) in [5.41, 5.74) is 1.34. The number of carbonyl (C=O) groups excluding carboxylic acids is 1. The van der Waals surface area contributed by atoms with Gasteiger partial charge in [0.15, 0.2) is 17.2 Å². The molecule has 2 aliphatic rings. The molecule has 3 aromatic rings. The van der Waals surface area contributed by atoms with Crippen LogP contribution in [-0.4, -0.2) is 53.6 Å². The third-order valence-electron chi connectivity index (χ3n) is 5.81. The number of nitrogens with zero attached hydrogens (tertiary/aromatic N) is 3. The molecule has 2 aromatic carbocycles. The maximum Gasteiger partial charge on any atom is 0.275 e. The number of aromatic nitrogens is 2. The first-order valence-electron chi connectivity index (χ1n) is 10.1. The molecule has 0 radical (unpaired) electrons. The summed E-state index contributed by atoms with van der Waals surface area (Å²) < 4.78 is 12.1. The van der Waals surface area contributed by atoms with E-state index in [1.807, 2.05) is 23.1 Å². The molecule has 1 N–H and O–H groups in total. The van der Waals surface area contributed by atoms with Gasteiger partial charge in [0.25, 0.3) is 11.5 Å². The average molecular weight is 407 g/mol. The van der Waals surface area contributed by atoms with Gasteiger partial charge in [0.2, 0.25) is 6.79 Å². The van der Waals surface area contributed by atoms with E-state index in [1.165, 1.54) is 15.1 Å². The van der Waals surface area contributed by atoms with E-state index in [9.17, 15) is 9.59 Å². The molecule has 30 heavy (non-hydrogen) atoms. The van der Waals surface area contributed by atoms with Gasteiger partial charge < -0.3 is 19.3 Å². The number of ether oxygens (including phenoxy) is 2. The van der Waals surface area contributed by atoms with E-state index < -0.39 is 0 Å². The Bertz CT molecular complexity index is 1180. The number of nitrogens with one attached hydrogen (secondary N) is 1. The van der Waals surface area contributed by atoms with Gasteiger partial charge in [-0.05, 0) is 24.3 Å². The molecular weight excluding hydrogens is 384 g/mol. The Kier molecular flexibility index (Phi) is 4.63. The molecule has 0 atom stereocenters. The lowest BCUT2D eigenvalue weighted by Gasteiger charge is -2.32. The number of hydrogen-bond donors (Lipinski definition) is 1. The first-order chi connectivity index (χ1) is 14.6. The van der Waals surface area contributed by atoms with Crippen LogP contribution in [0, 0.1) is 0 Å². The van der Waals surface area contributed by atoms with Gasteiger partial charge >= 0.3 is 0 Å². The monoisotopic (exact) mass is 407 g/mol. The highest BCUT2D eigenvalue weighted by Crippen LogP contribution is 2.32. The number of benzene rings is 2. The maximum absolute atomic E-state index is 13.2. The van der Waals surface area contributed by atoms with Crippen molar-refractivity contribution in [2.45, 2.75) is 6.54 Å². The van der Waals surface area contributed by atoms with Gasteiger partial charge in [0.05, 0.1) is 31.6 Å². The maximum atomic E-state index is 13.2. The molecule has 0 spiro atoms. The van der Waals surface area contributed by atoms with Crippen molar-refractivity contribution in [3.8, 4) is 11.5 Å². The van der Waals surface area contributed by atoms with Crippen molar-refractivity contribution in [3.05, 3.63) is 64.1 Å². The minimum atomic E-state index is -0.194. The highest BCUT2D eigenvalue weighted by atomic mass is 16.7. The number of fused-ring (bicyclic) bond motifs is 2. The van der Waals surface area contributed by atoms with Crippen LogP contribution in [0.5, 0.6) is 11.5 Å². The molecule has 0 aliphatic carbocycles. The van der Waals surface area contributed by atoms with Crippen LogP contribution in [0.3, 0.4) is 0 Å². The Balaban J connectivity index is 1.29. The molecule has 3 heterocycles. The predicted molar refractivity (Wildman–Crippen MR) is 110 cm³/mol. The lowest BCUT2D eigenvalue weighted by molar-refractivity contribution is -0.917. The Morgan fingerprint density at radius 3 is 2.60 bits per heavy atom. The van der Waals surface area contributed by atoms with Gasteiger partial charge in [-0.25, -0.2) is 4.68 Å². The first-order valence-corrected chi connectivity index (χ1v) is 10.1. The van der Waals surface area contributed by atoms with Crippen molar-refractivity contribution in [1.29, 1.82) is 0 Å². The van der Waals surface area contributed by atoms with E-state index >= 15 is 0 Å². The Morgan fingerprint density at radius 1 is 1.07 bits per heavy atom. The molecule has 8 nitrogen and oxygen atoms in total. The van der Waals surface area contributed by atoms with Gasteiger partial charge in [-0.2, -0.15) is 5.10 Å². The zero-order chi connectivity index (χ0) is 20.7. The van der Waals surface area contributed by atoms with Crippen LogP contribution in [0.25, 0.3) is 10.8 Å². The highest BCUT2D eigenvalue weighted by molar-refractivity contribution is 6.04. The quantitative estimate of drug-likeness (QED) is 0.671. The van der Waals surface area contributed by atoms with E-state index in [0.29, 0.717) is 29.6 Å². The Hall–Kier alpha value is -3.39. The summed E-state index contributed by atoms with van der Waals surface area (Å²) in [5, 5.41) is 5.41. The number of rotatable bonds is 3. The lowest BCUT2D eigenvalue weighted by atomic mass is 10.1. The van der Waals surface area contributed by atoms with Crippen LogP contribution in [-0.2, 0) is 13.6 Å². The summed E-state index contributed by atoms with van der Waals surface area (Å²) >= 11 is 0. The lowest BCUT2D eigenvalue weighted by Crippen LogP contribution is -3.13. The molecule has 0 saturated carbocycles. The number of aryl methyl sites for hydroxylation is 1. The van der Waals surface area contributed by atoms with Crippen molar-refractivity contribution < 1.29 is 19.2 Å². The molecule has 1 saturated heterocycles. The molecule has 0 unspecified atom stereocenters. The topological polar surface area (TPSA) is 78.1 Å². The molecule has 8 heteroatoms. The summed E-state index contributed by atoms with van der Waals surface area (Å²) in [4.78, 5) is 28.7. The normalized spacial score (nSPS) is 16.2. The van der Waals surface area contributed by atoms with Gasteiger partial charge in [-0.3, -0.25) is 9.59 Å². The minimum Gasteiger partial charge on any atom is -0.454 e. The molecule has 1 aromatic heterocycles. The number of quaternary nitrogens is 1. The third kappa shape index (κ3) is 3.29.